The van der Waals surface area contributed by atoms with E-state index in [-0.39, 0.29) is 29.2 Å². The molecule has 0 spiro atoms. The van der Waals surface area contributed by atoms with Gasteiger partial charge in [0.05, 0.1) is 17.7 Å². The number of amides is 2. The van der Waals surface area contributed by atoms with Crippen LogP contribution in [-0.4, -0.2) is 40.0 Å². The quantitative estimate of drug-likeness (QED) is 0.797. The average Bonchev–Trinajstić information content (AvgIpc) is 3.28. The van der Waals surface area contributed by atoms with E-state index < -0.39 is 11.6 Å². The van der Waals surface area contributed by atoms with E-state index in [4.69, 9.17) is 0 Å². The number of carbonyl (C=O) groups excluding carboxylic acids is 2. The highest BCUT2D eigenvalue weighted by Crippen LogP contribution is 2.40. The van der Waals surface area contributed by atoms with E-state index in [2.05, 4.69) is 26.1 Å². The van der Waals surface area contributed by atoms with Crippen LogP contribution in [0.15, 0.2) is 17.5 Å². The number of likely N-dealkylation sites (tertiary alicyclic amines) is 1. The van der Waals surface area contributed by atoms with Gasteiger partial charge in [-0.2, -0.15) is 0 Å². The van der Waals surface area contributed by atoms with Crippen molar-refractivity contribution in [1.29, 1.82) is 0 Å². The summed E-state index contributed by atoms with van der Waals surface area (Å²) in [6.45, 7) is 8.47. The first-order valence-electron chi connectivity index (χ1n) is 10.4. The lowest BCUT2D eigenvalue weighted by Crippen LogP contribution is -2.63. The molecule has 2 fully saturated rings. The number of carbonyl (C=O) groups is 2. The molecule has 1 saturated heterocycles. The molecule has 1 aliphatic carbocycles. The van der Waals surface area contributed by atoms with Crippen LogP contribution >= 0.6 is 11.3 Å². The van der Waals surface area contributed by atoms with Crippen molar-refractivity contribution in [2.75, 3.05) is 6.54 Å². The lowest BCUT2D eigenvalue weighted by atomic mass is 9.80. The van der Waals surface area contributed by atoms with Gasteiger partial charge in [-0.05, 0) is 43.0 Å². The Bertz CT molecular complexity index is 687. The lowest BCUT2D eigenvalue weighted by Gasteiger charge is -2.49. The molecule has 2 aliphatic rings. The van der Waals surface area contributed by atoms with Crippen LogP contribution in [0, 0.1) is 11.3 Å². The number of nitrogens with one attached hydrogen (secondary N) is 1. The molecule has 0 unspecified atom stereocenters. The van der Waals surface area contributed by atoms with Crippen molar-refractivity contribution < 1.29 is 14.7 Å². The molecule has 0 bridgehead atoms. The molecule has 1 aliphatic heterocycles. The minimum Gasteiger partial charge on any atom is -0.388 e. The molecule has 2 heterocycles. The summed E-state index contributed by atoms with van der Waals surface area (Å²) in [6.07, 6.45) is 4.90. The van der Waals surface area contributed by atoms with Gasteiger partial charge in [0, 0.05) is 23.8 Å². The molecule has 1 aromatic rings. The minimum absolute atomic E-state index is 0.0226. The largest absolute Gasteiger partial charge is 0.388 e. The van der Waals surface area contributed by atoms with E-state index in [1.807, 2.05) is 22.4 Å². The zero-order valence-electron chi connectivity index (χ0n) is 17.5. The monoisotopic (exact) mass is 406 g/mol. The zero-order chi connectivity index (χ0) is 20.5. The standard InChI is InChI=1S/C22H34N2O3S/c1-21(2,3)14-17(25)24-12-11-22(4,27)19(18(24)16-10-7-13-28-16)23-20(26)15-8-5-6-9-15/h7,10,13,15,18-19,27H,5-6,8-9,11-12,14H2,1-4H3,(H,23,26)/t18-,19-,22+/m0/s1. The molecular weight excluding hydrogens is 372 g/mol. The highest BCUT2D eigenvalue weighted by atomic mass is 32.1. The molecule has 156 valence electrons. The fraction of sp³-hybridized carbons (Fsp3) is 0.727. The fourth-order valence-electron chi connectivity index (χ4n) is 4.47. The fourth-order valence-corrected chi connectivity index (χ4v) is 5.34. The summed E-state index contributed by atoms with van der Waals surface area (Å²) in [6, 6.07) is 3.13. The number of rotatable bonds is 4. The van der Waals surface area contributed by atoms with Gasteiger partial charge >= 0.3 is 0 Å². The molecule has 28 heavy (non-hydrogen) atoms. The van der Waals surface area contributed by atoms with Gasteiger partial charge in [0.15, 0.2) is 0 Å². The summed E-state index contributed by atoms with van der Waals surface area (Å²) in [5, 5.41) is 16.3. The van der Waals surface area contributed by atoms with Gasteiger partial charge < -0.3 is 15.3 Å². The second-order valence-electron chi connectivity index (χ2n) is 9.86. The van der Waals surface area contributed by atoms with E-state index in [0.29, 0.717) is 19.4 Å². The van der Waals surface area contributed by atoms with E-state index >= 15 is 0 Å². The summed E-state index contributed by atoms with van der Waals surface area (Å²) in [5.41, 5.74) is -1.17. The second-order valence-corrected chi connectivity index (χ2v) is 10.8. The molecule has 3 atom stereocenters. The molecule has 1 aromatic heterocycles. The van der Waals surface area contributed by atoms with Crippen molar-refractivity contribution in [3.63, 3.8) is 0 Å². The van der Waals surface area contributed by atoms with Crippen molar-refractivity contribution in [1.82, 2.24) is 10.2 Å². The molecule has 3 rings (SSSR count). The lowest BCUT2D eigenvalue weighted by molar-refractivity contribution is -0.148. The third kappa shape index (κ3) is 4.77. The van der Waals surface area contributed by atoms with Gasteiger partial charge in [-0.15, -0.1) is 11.3 Å². The summed E-state index contributed by atoms with van der Waals surface area (Å²) in [5.74, 6) is 0.136. The smallest absolute Gasteiger partial charge is 0.223 e. The molecule has 0 radical (unpaired) electrons. The molecule has 5 nitrogen and oxygen atoms in total. The number of thiophene rings is 1. The maximum Gasteiger partial charge on any atom is 0.223 e. The third-order valence-electron chi connectivity index (χ3n) is 6.04. The molecule has 2 N–H and O–H groups in total. The van der Waals surface area contributed by atoms with Gasteiger partial charge in [0.2, 0.25) is 11.8 Å². The van der Waals surface area contributed by atoms with Crippen molar-refractivity contribution in [3.05, 3.63) is 22.4 Å². The first kappa shape index (κ1) is 21.3. The van der Waals surface area contributed by atoms with Gasteiger partial charge in [-0.1, -0.05) is 39.7 Å². The van der Waals surface area contributed by atoms with Crippen LogP contribution in [0.5, 0.6) is 0 Å². The molecule has 2 amide bonds. The van der Waals surface area contributed by atoms with E-state index in [9.17, 15) is 14.7 Å². The van der Waals surface area contributed by atoms with Gasteiger partial charge in [-0.25, -0.2) is 0 Å². The van der Waals surface area contributed by atoms with Crippen molar-refractivity contribution >= 4 is 23.2 Å². The van der Waals surface area contributed by atoms with Crippen molar-refractivity contribution in [2.45, 2.75) is 83.9 Å². The number of hydrogen-bond donors (Lipinski definition) is 2. The van der Waals surface area contributed by atoms with Gasteiger partial charge in [0.1, 0.15) is 0 Å². The number of piperidine rings is 1. The maximum atomic E-state index is 13.2. The summed E-state index contributed by atoms with van der Waals surface area (Å²) < 4.78 is 0. The summed E-state index contributed by atoms with van der Waals surface area (Å²) in [7, 11) is 0. The Morgan fingerprint density at radius 2 is 2.00 bits per heavy atom. The summed E-state index contributed by atoms with van der Waals surface area (Å²) >= 11 is 1.58. The Hall–Kier alpha value is -1.40. The Labute approximate surface area is 172 Å². The number of aliphatic hydroxyl groups is 1. The molecule has 6 heteroatoms. The van der Waals surface area contributed by atoms with E-state index in [1.54, 1.807) is 18.3 Å². The van der Waals surface area contributed by atoms with Crippen LogP contribution in [0.4, 0.5) is 0 Å². The Morgan fingerprint density at radius 3 is 2.57 bits per heavy atom. The van der Waals surface area contributed by atoms with Crippen LogP contribution < -0.4 is 5.32 Å². The first-order chi connectivity index (χ1) is 13.1. The summed E-state index contributed by atoms with van der Waals surface area (Å²) in [4.78, 5) is 29.0. The first-order valence-corrected chi connectivity index (χ1v) is 11.3. The Kier molecular flexibility index (Phi) is 6.20. The maximum absolute atomic E-state index is 13.2. The van der Waals surface area contributed by atoms with Crippen LogP contribution in [0.25, 0.3) is 0 Å². The predicted octanol–water partition coefficient (Wildman–Crippen LogP) is 3.88. The van der Waals surface area contributed by atoms with Crippen molar-refractivity contribution in [2.24, 2.45) is 11.3 Å². The van der Waals surface area contributed by atoms with Crippen LogP contribution in [0.3, 0.4) is 0 Å². The van der Waals surface area contributed by atoms with E-state index in [1.165, 1.54) is 0 Å². The van der Waals surface area contributed by atoms with Gasteiger partial charge in [0.25, 0.3) is 0 Å². The third-order valence-corrected chi connectivity index (χ3v) is 6.98. The van der Waals surface area contributed by atoms with Crippen LogP contribution in [-0.2, 0) is 9.59 Å². The average molecular weight is 407 g/mol. The zero-order valence-corrected chi connectivity index (χ0v) is 18.3. The second kappa shape index (κ2) is 8.15. The highest BCUT2D eigenvalue weighted by molar-refractivity contribution is 7.10. The van der Waals surface area contributed by atoms with Gasteiger partial charge in [-0.3, -0.25) is 9.59 Å². The predicted molar refractivity (Wildman–Crippen MR) is 112 cm³/mol. The molecule has 0 aromatic carbocycles. The highest BCUT2D eigenvalue weighted by Gasteiger charge is 2.48. The molecular formula is C22H34N2O3S. The molecule has 1 saturated carbocycles. The van der Waals surface area contributed by atoms with Crippen LogP contribution in [0.1, 0.15) is 77.1 Å². The topological polar surface area (TPSA) is 69.6 Å². The normalized spacial score (nSPS) is 29.1. The van der Waals surface area contributed by atoms with Crippen LogP contribution in [0.2, 0.25) is 0 Å². The number of nitrogens with zero attached hydrogens (tertiary/aromatic N) is 1. The Balaban J connectivity index is 1.90. The minimum atomic E-state index is -1.05. The number of hydrogen-bond acceptors (Lipinski definition) is 4. The SMILES string of the molecule is CC(C)(C)CC(=O)N1CC[C@@](C)(O)[C@@H](NC(=O)C2CCCC2)[C@@H]1c1cccs1. The Morgan fingerprint density at radius 1 is 1.32 bits per heavy atom. The van der Waals surface area contributed by atoms with Crippen molar-refractivity contribution in [3.8, 4) is 0 Å². The van der Waals surface area contributed by atoms with E-state index in [0.717, 1.165) is 30.6 Å².